The Hall–Kier alpha value is -1.49. The lowest BCUT2D eigenvalue weighted by atomic mass is 10.2. The summed E-state index contributed by atoms with van der Waals surface area (Å²) in [5.41, 5.74) is 2.25. The van der Waals surface area contributed by atoms with Gasteiger partial charge in [0.15, 0.2) is 0 Å². The van der Waals surface area contributed by atoms with E-state index >= 15 is 0 Å². The van der Waals surface area contributed by atoms with E-state index in [1.165, 1.54) is 5.69 Å². The SMILES string of the molecule is CCC(C)n1nccc1CNc1cnn(C(C)C)c1.Cl. The van der Waals surface area contributed by atoms with Crippen LogP contribution in [0.2, 0.25) is 0 Å². The second-order valence-electron chi connectivity index (χ2n) is 5.18. The van der Waals surface area contributed by atoms with Crippen LogP contribution in [0, 0.1) is 0 Å². The first-order valence-electron chi connectivity index (χ1n) is 6.92. The standard InChI is InChI=1S/C14H23N5.ClH/c1-5-12(4)19-14(6-7-16-19)9-15-13-8-17-18(10-13)11(2)3;/h6-8,10-12,15H,5,9H2,1-4H3;1H. The van der Waals surface area contributed by atoms with Crippen LogP contribution in [0.25, 0.3) is 0 Å². The zero-order valence-electron chi connectivity index (χ0n) is 12.6. The number of rotatable bonds is 6. The second kappa shape index (κ2) is 7.33. The molecule has 0 aliphatic carbocycles. The average Bonchev–Trinajstić information content (AvgIpc) is 3.04. The zero-order chi connectivity index (χ0) is 13.8. The summed E-state index contributed by atoms with van der Waals surface area (Å²) in [4.78, 5) is 0. The number of hydrogen-bond donors (Lipinski definition) is 1. The average molecular weight is 298 g/mol. The molecule has 0 aliphatic heterocycles. The molecule has 0 amide bonds. The number of aromatic nitrogens is 4. The molecule has 1 atom stereocenters. The molecule has 0 saturated carbocycles. The predicted molar refractivity (Wildman–Crippen MR) is 84.4 cm³/mol. The van der Waals surface area contributed by atoms with E-state index in [0.29, 0.717) is 12.1 Å². The third-order valence-electron chi connectivity index (χ3n) is 3.36. The molecule has 0 spiro atoms. The largest absolute Gasteiger partial charge is 0.377 e. The van der Waals surface area contributed by atoms with Crippen LogP contribution in [-0.2, 0) is 6.54 Å². The molecule has 2 rings (SSSR count). The van der Waals surface area contributed by atoms with Gasteiger partial charge in [0.2, 0.25) is 0 Å². The Balaban J connectivity index is 0.00000200. The van der Waals surface area contributed by atoms with Crippen molar-refractivity contribution in [2.45, 2.75) is 52.7 Å². The van der Waals surface area contributed by atoms with Crippen molar-refractivity contribution in [3.05, 3.63) is 30.4 Å². The van der Waals surface area contributed by atoms with Crippen molar-refractivity contribution in [1.82, 2.24) is 19.6 Å². The van der Waals surface area contributed by atoms with E-state index in [9.17, 15) is 0 Å². The van der Waals surface area contributed by atoms with Gasteiger partial charge in [-0.25, -0.2) is 0 Å². The Morgan fingerprint density at radius 1 is 1.25 bits per heavy atom. The van der Waals surface area contributed by atoms with E-state index in [4.69, 9.17) is 0 Å². The highest BCUT2D eigenvalue weighted by Crippen LogP contribution is 2.15. The summed E-state index contributed by atoms with van der Waals surface area (Å²) in [6.45, 7) is 9.38. The molecule has 5 nitrogen and oxygen atoms in total. The smallest absolute Gasteiger partial charge is 0.0729 e. The molecule has 0 aromatic carbocycles. The van der Waals surface area contributed by atoms with Crippen molar-refractivity contribution in [3.8, 4) is 0 Å². The molecule has 1 N–H and O–H groups in total. The first-order chi connectivity index (χ1) is 9.11. The van der Waals surface area contributed by atoms with E-state index in [2.05, 4.69) is 54.0 Å². The van der Waals surface area contributed by atoms with Crippen LogP contribution in [0.4, 0.5) is 5.69 Å². The highest BCUT2D eigenvalue weighted by Gasteiger charge is 2.08. The maximum Gasteiger partial charge on any atom is 0.0729 e. The molecule has 2 aromatic rings. The molecule has 0 aliphatic rings. The fourth-order valence-corrected chi connectivity index (χ4v) is 1.96. The third-order valence-corrected chi connectivity index (χ3v) is 3.36. The summed E-state index contributed by atoms with van der Waals surface area (Å²) in [5.74, 6) is 0. The van der Waals surface area contributed by atoms with Gasteiger partial charge in [-0.15, -0.1) is 12.4 Å². The van der Waals surface area contributed by atoms with Crippen molar-refractivity contribution < 1.29 is 0 Å². The lowest BCUT2D eigenvalue weighted by Gasteiger charge is -2.14. The fraction of sp³-hybridized carbons (Fsp3) is 0.571. The number of hydrogen-bond acceptors (Lipinski definition) is 3. The molecule has 0 saturated heterocycles. The molecule has 112 valence electrons. The van der Waals surface area contributed by atoms with E-state index in [-0.39, 0.29) is 12.4 Å². The first kappa shape index (κ1) is 16.6. The minimum atomic E-state index is 0. The zero-order valence-corrected chi connectivity index (χ0v) is 13.4. The molecular formula is C14H24ClN5. The normalized spacial score (nSPS) is 12.2. The van der Waals surface area contributed by atoms with Crippen molar-refractivity contribution in [1.29, 1.82) is 0 Å². The number of anilines is 1. The Labute approximate surface area is 126 Å². The van der Waals surface area contributed by atoms with Gasteiger partial charge in [-0.1, -0.05) is 6.92 Å². The van der Waals surface area contributed by atoms with Gasteiger partial charge < -0.3 is 5.32 Å². The van der Waals surface area contributed by atoms with Crippen LogP contribution in [0.5, 0.6) is 0 Å². The van der Waals surface area contributed by atoms with Gasteiger partial charge in [0.25, 0.3) is 0 Å². The van der Waals surface area contributed by atoms with Crippen molar-refractivity contribution in [3.63, 3.8) is 0 Å². The monoisotopic (exact) mass is 297 g/mol. The highest BCUT2D eigenvalue weighted by molar-refractivity contribution is 5.85. The fourth-order valence-electron chi connectivity index (χ4n) is 1.96. The molecule has 2 aromatic heterocycles. The topological polar surface area (TPSA) is 47.7 Å². The summed E-state index contributed by atoms with van der Waals surface area (Å²) >= 11 is 0. The van der Waals surface area contributed by atoms with Crippen molar-refractivity contribution >= 4 is 18.1 Å². The number of halogens is 1. The van der Waals surface area contributed by atoms with Gasteiger partial charge in [-0.05, 0) is 33.3 Å². The van der Waals surface area contributed by atoms with Crippen LogP contribution in [0.15, 0.2) is 24.7 Å². The van der Waals surface area contributed by atoms with Gasteiger partial charge in [0, 0.05) is 24.5 Å². The van der Waals surface area contributed by atoms with Gasteiger partial charge in [-0.3, -0.25) is 9.36 Å². The Bertz CT molecular complexity index is 517. The summed E-state index contributed by atoms with van der Waals surface area (Å²) in [7, 11) is 0. The van der Waals surface area contributed by atoms with E-state index in [0.717, 1.165) is 18.7 Å². The third kappa shape index (κ3) is 3.76. The van der Waals surface area contributed by atoms with Gasteiger partial charge in [-0.2, -0.15) is 10.2 Å². The summed E-state index contributed by atoms with van der Waals surface area (Å²) in [6, 6.07) is 2.89. The molecule has 0 fully saturated rings. The maximum atomic E-state index is 4.39. The molecular weight excluding hydrogens is 274 g/mol. The van der Waals surface area contributed by atoms with E-state index < -0.39 is 0 Å². The van der Waals surface area contributed by atoms with Gasteiger partial charge in [0.1, 0.15) is 0 Å². The number of nitrogens with one attached hydrogen (secondary N) is 1. The molecule has 6 heteroatoms. The quantitative estimate of drug-likeness (QED) is 0.885. The van der Waals surface area contributed by atoms with E-state index in [1.54, 1.807) is 0 Å². The maximum absolute atomic E-state index is 4.39. The second-order valence-corrected chi connectivity index (χ2v) is 5.18. The Morgan fingerprint density at radius 2 is 2.00 bits per heavy atom. The summed E-state index contributed by atoms with van der Waals surface area (Å²) in [5, 5.41) is 12.1. The minimum Gasteiger partial charge on any atom is -0.377 e. The van der Waals surface area contributed by atoms with E-state index in [1.807, 2.05) is 23.3 Å². The summed E-state index contributed by atoms with van der Waals surface area (Å²) < 4.78 is 4.04. The predicted octanol–water partition coefficient (Wildman–Crippen LogP) is 3.67. The molecule has 2 heterocycles. The van der Waals surface area contributed by atoms with Crippen LogP contribution in [-0.4, -0.2) is 19.6 Å². The Kier molecular flexibility index (Phi) is 6.07. The first-order valence-corrected chi connectivity index (χ1v) is 6.92. The highest BCUT2D eigenvalue weighted by atomic mass is 35.5. The minimum absolute atomic E-state index is 0. The summed E-state index contributed by atoms with van der Waals surface area (Å²) in [6.07, 6.45) is 6.85. The molecule has 20 heavy (non-hydrogen) atoms. The van der Waals surface area contributed by atoms with Crippen LogP contribution in [0.3, 0.4) is 0 Å². The number of nitrogens with zero attached hydrogens (tertiary/aromatic N) is 4. The van der Waals surface area contributed by atoms with Crippen LogP contribution < -0.4 is 5.32 Å². The molecule has 1 unspecified atom stereocenters. The lowest BCUT2D eigenvalue weighted by molar-refractivity contribution is 0.462. The van der Waals surface area contributed by atoms with Crippen molar-refractivity contribution in [2.24, 2.45) is 0 Å². The molecule has 0 radical (unpaired) electrons. The van der Waals surface area contributed by atoms with Gasteiger partial charge >= 0.3 is 0 Å². The lowest BCUT2D eigenvalue weighted by Crippen LogP contribution is -2.12. The van der Waals surface area contributed by atoms with Crippen LogP contribution in [0.1, 0.15) is 51.9 Å². The van der Waals surface area contributed by atoms with Gasteiger partial charge in [0.05, 0.1) is 24.1 Å². The Morgan fingerprint density at radius 3 is 2.60 bits per heavy atom. The molecule has 0 bridgehead atoms. The van der Waals surface area contributed by atoms with Crippen molar-refractivity contribution in [2.75, 3.05) is 5.32 Å². The van der Waals surface area contributed by atoms with Crippen LogP contribution >= 0.6 is 12.4 Å².